The van der Waals surface area contributed by atoms with Crippen LogP contribution in [0.25, 0.3) is 0 Å². The van der Waals surface area contributed by atoms with Crippen LogP contribution in [0.4, 0.5) is 4.39 Å². The van der Waals surface area contributed by atoms with Crippen LogP contribution in [-0.2, 0) is 0 Å². The summed E-state index contributed by atoms with van der Waals surface area (Å²) in [7, 11) is 1.67. The molecule has 1 aliphatic rings. The summed E-state index contributed by atoms with van der Waals surface area (Å²) < 4.78 is 18.9. The lowest BCUT2D eigenvalue weighted by molar-refractivity contribution is 0.187. The van der Waals surface area contributed by atoms with E-state index in [9.17, 15) is 4.39 Å². The summed E-state index contributed by atoms with van der Waals surface area (Å²) in [5.74, 6) is 0.674. The molecule has 116 valence electrons. The zero-order chi connectivity index (χ0) is 15.4. The molecule has 2 aromatic carbocycles. The van der Waals surface area contributed by atoms with Crippen molar-refractivity contribution in [3.8, 4) is 5.75 Å². The minimum absolute atomic E-state index is 0.113. The Morgan fingerprint density at radius 1 is 0.955 bits per heavy atom. The van der Waals surface area contributed by atoms with Gasteiger partial charge in [-0.15, -0.1) is 0 Å². The van der Waals surface area contributed by atoms with E-state index in [1.807, 2.05) is 18.2 Å². The fraction of sp³-hybridized carbons (Fsp3) is 0.368. The molecule has 1 fully saturated rings. The summed E-state index contributed by atoms with van der Waals surface area (Å²) in [6, 6.07) is 15.2. The number of hydrogen-bond acceptors (Lipinski definition) is 2. The summed E-state index contributed by atoms with van der Waals surface area (Å²) in [6.07, 6.45) is 3.71. The van der Waals surface area contributed by atoms with Crippen LogP contribution in [0.1, 0.15) is 36.4 Å². The van der Waals surface area contributed by atoms with Gasteiger partial charge in [0.1, 0.15) is 11.6 Å². The summed E-state index contributed by atoms with van der Waals surface area (Å²) in [5.41, 5.74) is 2.21. The van der Waals surface area contributed by atoms with Crippen LogP contribution in [0.15, 0.2) is 48.5 Å². The SMILES string of the molecule is COc1ccc(C(c2cccc(F)c2)N2CCCCC2)cc1. The fourth-order valence-corrected chi connectivity index (χ4v) is 3.25. The maximum atomic E-state index is 13.7. The zero-order valence-electron chi connectivity index (χ0n) is 13.0. The first-order valence-corrected chi connectivity index (χ1v) is 7.91. The molecule has 0 N–H and O–H groups in total. The smallest absolute Gasteiger partial charge is 0.123 e. The van der Waals surface area contributed by atoms with E-state index in [2.05, 4.69) is 17.0 Å². The second kappa shape index (κ2) is 6.93. The van der Waals surface area contributed by atoms with Crippen LogP contribution in [0.2, 0.25) is 0 Å². The van der Waals surface area contributed by atoms with E-state index in [-0.39, 0.29) is 11.9 Å². The molecule has 3 rings (SSSR count). The topological polar surface area (TPSA) is 12.5 Å². The highest BCUT2D eigenvalue weighted by Crippen LogP contribution is 2.32. The van der Waals surface area contributed by atoms with E-state index < -0.39 is 0 Å². The highest BCUT2D eigenvalue weighted by Gasteiger charge is 2.24. The monoisotopic (exact) mass is 299 g/mol. The highest BCUT2D eigenvalue weighted by atomic mass is 19.1. The summed E-state index contributed by atoms with van der Waals surface area (Å²) in [4.78, 5) is 2.46. The fourth-order valence-electron chi connectivity index (χ4n) is 3.25. The van der Waals surface area contributed by atoms with Crippen molar-refractivity contribution in [3.05, 3.63) is 65.5 Å². The van der Waals surface area contributed by atoms with Gasteiger partial charge in [-0.1, -0.05) is 30.7 Å². The van der Waals surface area contributed by atoms with E-state index in [1.165, 1.54) is 30.9 Å². The van der Waals surface area contributed by atoms with Crippen LogP contribution in [0.3, 0.4) is 0 Å². The van der Waals surface area contributed by atoms with Crippen molar-refractivity contribution in [3.63, 3.8) is 0 Å². The first-order valence-electron chi connectivity index (χ1n) is 7.91. The third-order valence-electron chi connectivity index (χ3n) is 4.35. The predicted octanol–water partition coefficient (Wildman–Crippen LogP) is 4.41. The van der Waals surface area contributed by atoms with Crippen molar-refractivity contribution in [1.82, 2.24) is 4.90 Å². The van der Waals surface area contributed by atoms with Gasteiger partial charge in [0.25, 0.3) is 0 Å². The summed E-state index contributed by atoms with van der Waals surface area (Å²) in [5, 5.41) is 0. The minimum atomic E-state index is -0.173. The molecule has 22 heavy (non-hydrogen) atoms. The van der Waals surface area contributed by atoms with Crippen LogP contribution in [0, 0.1) is 5.82 Å². The van der Waals surface area contributed by atoms with Crippen molar-refractivity contribution >= 4 is 0 Å². The third kappa shape index (κ3) is 3.30. The van der Waals surface area contributed by atoms with Gasteiger partial charge in [-0.25, -0.2) is 4.39 Å². The Balaban J connectivity index is 1.97. The lowest BCUT2D eigenvalue weighted by Gasteiger charge is -2.35. The molecule has 1 heterocycles. The quantitative estimate of drug-likeness (QED) is 0.829. The summed E-state index contributed by atoms with van der Waals surface area (Å²) >= 11 is 0. The van der Waals surface area contributed by atoms with Gasteiger partial charge in [-0.3, -0.25) is 4.90 Å². The number of halogens is 1. The minimum Gasteiger partial charge on any atom is -0.497 e. The van der Waals surface area contributed by atoms with Crippen LogP contribution >= 0.6 is 0 Å². The standard InChI is InChI=1S/C19H22FNO/c1-22-18-10-8-15(9-11-18)19(21-12-3-2-4-13-21)16-6-5-7-17(20)14-16/h5-11,14,19H,2-4,12-13H2,1H3. The molecule has 1 unspecified atom stereocenters. The van der Waals surface area contributed by atoms with Gasteiger partial charge in [0.2, 0.25) is 0 Å². The maximum absolute atomic E-state index is 13.7. The van der Waals surface area contributed by atoms with Crippen LogP contribution in [0.5, 0.6) is 5.75 Å². The van der Waals surface area contributed by atoms with E-state index in [0.29, 0.717) is 0 Å². The van der Waals surface area contributed by atoms with Gasteiger partial charge >= 0.3 is 0 Å². The number of hydrogen-bond donors (Lipinski definition) is 0. The first-order chi connectivity index (χ1) is 10.8. The van der Waals surface area contributed by atoms with Crippen molar-refractivity contribution in [2.75, 3.05) is 20.2 Å². The van der Waals surface area contributed by atoms with Gasteiger partial charge in [-0.05, 0) is 61.3 Å². The summed E-state index contributed by atoms with van der Waals surface area (Å²) in [6.45, 7) is 2.13. The molecule has 1 atom stereocenters. The molecule has 3 heteroatoms. The molecule has 1 aliphatic heterocycles. The molecule has 1 saturated heterocycles. The Morgan fingerprint density at radius 2 is 1.68 bits per heavy atom. The van der Waals surface area contributed by atoms with E-state index >= 15 is 0 Å². The van der Waals surface area contributed by atoms with Crippen LogP contribution < -0.4 is 4.74 Å². The van der Waals surface area contributed by atoms with Gasteiger partial charge in [-0.2, -0.15) is 0 Å². The molecule has 0 amide bonds. The molecule has 0 radical (unpaired) electrons. The first kappa shape index (κ1) is 15.0. The van der Waals surface area contributed by atoms with Crippen molar-refractivity contribution in [2.45, 2.75) is 25.3 Å². The molecule has 0 bridgehead atoms. The number of benzene rings is 2. The number of likely N-dealkylation sites (tertiary alicyclic amines) is 1. The van der Waals surface area contributed by atoms with Crippen LogP contribution in [-0.4, -0.2) is 25.1 Å². The molecular weight excluding hydrogens is 277 g/mol. The Hall–Kier alpha value is -1.87. The Labute approximate surface area is 131 Å². The third-order valence-corrected chi connectivity index (χ3v) is 4.35. The zero-order valence-corrected chi connectivity index (χ0v) is 13.0. The van der Waals surface area contributed by atoms with Crippen molar-refractivity contribution in [1.29, 1.82) is 0 Å². The molecule has 0 spiro atoms. The van der Waals surface area contributed by atoms with E-state index in [1.54, 1.807) is 19.2 Å². The van der Waals surface area contributed by atoms with Gasteiger partial charge < -0.3 is 4.74 Å². The molecule has 2 aromatic rings. The lowest BCUT2D eigenvalue weighted by Crippen LogP contribution is -2.34. The number of nitrogens with zero attached hydrogens (tertiary/aromatic N) is 1. The Morgan fingerprint density at radius 3 is 2.32 bits per heavy atom. The largest absolute Gasteiger partial charge is 0.497 e. The second-order valence-electron chi connectivity index (χ2n) is 5.83. The molecule has 2 nitrogen and oxygen atoms in total. The lowest BCUT2D eigenvalue weighted by atomic mass is 9.95. The number of methoxy groups -OCH3 is 1. The van der Waals surface area contributed by atoms with Crippen molar-refractivity contribution < 1.29 is 9.13 Å². The predicted molar refractivity (Wildman–Crippen MR) is 86.7 cm³/mol. The molecule has 0 aromatic heterocycles. The number of piperidine rings is 1. The van der Waals surface area contributed by atoms with E-state index in [4.69, 9.17) is 4.74 Å². The molecule has 0 aliphatic carbocycles. The Bertz CT molecular complexity index is 605. The second-order valence-corrected chi connectivity index (χ2v) is 5.83. The van der Waals surface area contributed by atoms with Crippen molar-refractivity contribution in [2.24, 2.45) is 0 Å². The van der Waals surface area contributed by atoms with E-state index in [0.717, 1.165) is 24.4 Å². The van der Waals surface area contributed by atoms with Gasteiger partial charge in [0, 0.05) is 0 Å². The molecule has 0 saturated carbocycles. The van der Waals surface area contributed by atoms with Gasteiger partial charge in [0.05, 0.1) is 13.2 Å². The highest BCUT2D eigenvalue weighted by molar-refractivity contribution is 5.36. The normalized spacial score (nSPS) is 17.2. The average Bonchev–Trinajstić information content (AvgIpc) is 2.57. The average molecular weight is 299 g/mol. The maximum Gasteiger partial charge on any atom is 0.123 e. The van der Waals surface area contributed by atoms with Gasteiger partial charge in [0.15, 0.2) is 0 Å². The Kier molecular flexibility index (Phi) is 4.74. The number of ether oxygens (including phenoxy) is 1. The number of rotatable bonds is 4. The molecular formula is C19H22FNO.